The van der Waals surface area contributed by atoms with E-state index in [0.717, 1.165) is 29.6 Å². The summed E-state index contributed by atoms with van der Waals surface area (Å²) in [6.07, 6.45) is 4.36. The molecule has 0 spiro atoms. The molecule has 2 heterocycles. The van der Waals surface area contributed by atoms with Gasteiger partial charge < -0.3 is 10.3 Å². The Bertz CT molecular complexity index is 500. The first-order chi connectivity index (χ1) is 8.36. The van der Waals surface area contributed by atoms with Gasteiger partial charge in [-0.25, -0.2) is 9.97 Å². The molecule has 0 bridgehead atoms. The number of hydrogen-bond donors (Lipinski definition) is 2. The second-order valence-corrected chi connectivity index (χ2v) is 4.39. The quantitative estimate of drug-likeness (QED) is 0.846. The second kappa shape index (κ2) is 4.20. The van der Waals surface area contributed by atoms with Crippen LogP contribution in [0.5, 0.6) is 0 Å². The fraction of sp³-hybridized carbons (Fsp3) is 0.385. The summed E-state index contributed by atoms with van der Waals surface area (Å²) < 4.78 is 0. The highest BCUT2D eigenvalue weighted by Gasteiger charge is 2.27. The van der Waals surface area contributed by atoms with Crippen molar-refractivity contribution >= 4 is 5.82 Å². The Kier molecular flexibility index (Phi) is 2.55. The molecule has 0 radical (unpaired) electrons. The van der Waals surface area contributed by atoms with Gasteiger partial charge in [0, 0.05) is 24.7 Å². The van der Waals surface area contributed by atoms with Crippen LogP contribution in [0.15, 0.2) is 24.4 Å². The molecule has 88 valence electrons. The molecule has 1 aliphatic carbocycles. The molecule has 0 saturated heterocycles. The lowest BCUT2D eigenvalue weighted by Gasteiger charge is -2.07. The lowest BCUT2D eigenvalue weighted by atomic mass is 10.2. The molecule has 0 aromatic carbocycles. The normalized spacial score (nSPS) is 14.9. The van der Waals surface area contributed by atoms with E-state index in [-0.39, 0.29) is 0 Å². The van der Waals surface area contributed by atoms with Crippen molar-refractivity contribution in [2.45, 2.75) is 25.7 Å². The standard InChI is InChI=1S/C13H16N4/c1-2-14-12-8-11(10-4-3-7-15-10)16-13(17-12)9-5-6-9/h3-4,7-9,15H,2,5-6H2,1H3,(H,14,16,17). The second-order valence-electron chi connectivity index (χ2n) is 4.39. The SMILES string of the molecule is CCNc1cc(-c2ccc[nH]2)nc(C2CC2)n1. The predicted molar refractivity (Wildman–Crippen MR) is 68.0 cm³/mol. The van der Waals surface area contributed by atoms with Crippen molar-refractivity contribution in [2.75, 3.05) is 11.9 Å². The van der Waals surface area contributed by atoms with Gasteiger partial charge in [-0.2, -0.15) is 0 Å². The van der Waals surface area contributed by atoms with Gasteiger partial charge in [-0.15, -0.1) is 0 Å². The third-order valence-corrected chi connectivity index (χ3v) is 2.92. The van der Waals surface area contributed by atoms with Crippen molar-refractivity contribution in [3.8, 4) is 11.4 Å². The van der Waals surface area contributed by atoms with Crippen LogP contribution in [0, 0.1) is 0 Å². The number of aromatic amines is 1. The molecule has 2 aromatic heterocycles. The Morgan fingerprint density at radius 1 is 1.41 bits per heavy atom. The highest BCUT2D eigenvalue weighted by molar-refractivity contribution is 5.59. The lowest BCUT2D eigenvalue weighted by molar-refractivity contribution is 0.926. The molecule has 0 amide bonds. The van der Waals surface area contributed by atoms with Crippen LogP contribution in [0.1, 0.15) is 31.5 Å². The predicted octanol–water partition coefficient (Wildman–Crippen LogP) is 2.78. The summed E-state index contributed by atoms with van der Waals surface area (Å²) >= 11 is 0. The molecule has 4 heteroatoms. The first-order valence-corrected chi connectivity index (χ1v) is 6.13. The summed E-state index contributed by atoms with van der Waals surface area (Å²) in [6, 6.07) is 6.02. The number of hydrogen-bond acceptors (Lipinski definition) is 3. The van der Waals surface area contributed by atoms with E-state index in [1.54, 1.807) is 0 Å². The van der Waals surface area contributed by atoms with Crippen molar-refractivity contribution in [3.05, 3.63) is 30.2 Å². The van der Waals surface area contributed by atoms with Crippen LogP contribution in [0.3, 0.4) is 0 Å². The van der Waals surface area contributed by atoms with Crippen LogP contribution in [0.2, 0.25) is 0 Å². The van der Waals surface area contributed by atoms with E-state index in [4.69, 9.17) is 0 Å². The molecule has 4 nitrogen and oxygen atoms in total. The van der Waals surface area contributed by atoms with Crippen molar-refractivity contribution in [2.24, 2.45) is 0 Å². The monoisotopic (exact) mass is 228 g/mol. The lowest BCUT2D eigenvalue weighted by Crippen LogP contribution is -2.04. The van der Waals surface area contributed by atoms with Gasteiger partial charge in [-0.1, -0.05) is 0 Å². The molecule has 17 heavy (non-hydrogen) atoms. The average Bonchev–Trinajstić information content (AvgIpc) is 3.05. The van der Waals surface area contributed by atoms with E-state index in [2.05, 4.69) is 27.2 Å². The number of anilines is 1. The zero-order chi connectivity index (χ0) is 11.7. The summed E-state index contributed by atoms with van der Waals surface area (Å²) in [7, 11) is 0. The van der Waals surface area contributed by atoms with E-state index >= 15 is 0 Å². The van der Waals surface area contributed by atoms with Crippen LogP contribution in [0.4, 0.5) is 5.82 Å². The van der Waals surface area contributed by atoms with Crippen molar-refractivity contribution in [3.63, 3.8) is 0 Å². The largest absolute Gasteiger partial charge is 0.370 e. The van der Waals surface area contributed by atoms with E-state index in [0.29, 0.717) is 5.92 Å². The number of aromatic nitrogens is 3. The summed E-state index contributed by atoms with van der Waals surface area (Å²) in [5, 5.41) is 3.27. The maximum Gasteiger partial charge on any atom is 0.134 e. The Hall–Kier alpha value is -1.84. The highest BCUT2D eigenvalue weighted by Crippen LogP contribution is 2.39. The van der Waals surface area contributed by atoms with Gasteiger partial charge >= 0.3 is 0 Å². The summed E-state index contributed by atoms with van der Waals surface area (Å²) in [5.74, 6) is 2.48. The van der Waals surface area contributed by atoms with Gasteiger partial charge in [-0.05, 0) is 31.9 Å². The molecule has 1 fully saturated rings. The van der Waals surface area contributed by atoms with E-state index in [9.17, 15) is 0 Å². The minimum atomic E-state index is 0.572. The third-order valence-electron chi connectivity index (χ3n) is 2.92. The molecule has 0 aliphatic heterocycles. The summed E-state index contributed by atoms with van der Waals surface area (Å²) in [6.45, 7) is 2.96. The van der Waals surface area contributed by atoms with Gasteiger partial charge in [0.05, 0.1) is 11.4 Å². The van der Waals surface area contributed by atoms with Crippen LogP contribution in [-0.2, 0) is 0 Å². The van der Waals surface area contributed by atoms with Crippen LogP contribution < -0.4 is 5.32 Å². The fourth-order valence-corrected chi connectivity index (χ4v) is 1.89. The fourth-order valence-electron chi connectivity index (χ4n) is 1.89. The molecule has 0 unspecified atom stereocenters. The van der Waals surface area contributed by atoms with Crippen molar-refractivity contribution in [1.29, 1.82) is 0 Å². The maximum absolute atomic E-state index is 4.64. The molecule has 3 rings (SSSR count). The maximum atomic E-state index is 4.64. The Morgan fingerprint density at radius 2 is 2.29 bits per heavy atom. The molecule has 1 saturated carbocycles. The number of H-pyrrole nitrogens is 1. The summed E-state index contributed by atoms with van der Waals surface area (Å²) in [4.78, 5) is 12.4. The molecule has 1 aliphatic rings. The van der Waals surface area contributed by atoms with Crippen molar-refractivity contribution in [1.82, 2.24) is 15.0 Å². The number of nitrogens with one attached hydrogen (secondary N) is 2. The molecule has 2 aromatic rings. The van der Waals surface area contributed by atoms with E-state index in [1.165, 1.54) is 12.8 Å². The molecular weight excluding hydrogens is 212 g/mol. The Labute approximate surface area is 101 Å². The van der Waals surface area contributed by atoms with Crippen LogP contribution in [0.25, 0.3) is 11.4 Å². The zero-order valence-corrected chi connectivity index (χ0v) is 9.90. The molecular formula is C13H16N4. The minimum Gasteiger partial charge on any atom is -0.370 e. The minimum absolute atomic E-state index is 0.572. The first-order valence-electron chi connectivity index (χ1n) is 6.13. The van der Waals surface area contributed by atoms with Crippen LogP contribution >= 0.6 is 0 Å². The van der Waals surface area contributed by atoms with Crippen molar-refractivity contribution < 1.29 is 0 Å². The Balaban J connectivity index is 2.01. The average molecular weight is 228 g/mol. The number of nitrogens with zero attached hydrogens (tertiary/aromatic N) is 2. The molecule has 2 N–H and O–H groups in total. The van der Waals surface area contributed by atoms with E-state index < -0.39 is 0 Å². The summed E-state index contributed by atoms with van der Waals surface area (Å²) in [5.41, 5.74) is 2.02. The van der Waals surface area contributed by atoms with Gasteiger partial charge in [0.2, 0.25) is 0 Å². The number of rotatable bonds is 4. The third kappa shape index (κ3) is 2.16. The van der Waals surface area contributed by atoms with Gasteiger partial charge in [0.25, 0.3) is 0 Å². The Morgan fingerprint density at radius 3 is 2.94 bits per heavy atom. The van der Waals surface area contributed by atoms with Gasteiger partial charge in [0.1, 0.15) is 11.6 Å². The topological polar surface area (TPSA) is 53.6 Å². The van der Waals surface area contributed by atoms with Crippen LogP contribution in [-0.4, -0.2) is 21.5 Å². The van der Waals surface area contributed by atoms with E-state index in [1.807, 2.05) is 24.4 Å². The van der Waals surface area contributed by atoms with Gasteiger partial charge in [-0.3, -0.25) is 0 Å². The smallest absolute Gasteiger partial charge is 0.134 e. The highest BCUT2D eigenvalue weighted by atomic mass is 15.0. The zero-order valence-electron chi connectivity index (χ0n) is 9.90. The van der Waals surface area contributed by atoms with Gasteiger partial charge in [0.15, 0.2) is 0 Å². The molecule has 0 atom stereocenters. The first kappa shape index (κ1) is 10.3.